The van der Waals surface area contributed by atoms with Gasteiger partial charge >= 0.3 is 0 Å². The van der Waals surface area contributed by atoms with Crippen LogP contribution in [0.15, 0.2) is 11.5 Å². The van der Waals surface area contributed by atoms with Crippen LogP contribution in [0.5, 0.6) is 0 Å². The van der Waals surface area contributed by atoms with E-state index < -0.39 is 9.84 Å². The summed E-state index contributed by atoms with van der Waals surface area (Å²) in [6, 6.07) is 0.568. The Morgan fingerprint density at radius 3 is 2.75 bits per heavy atom. The fourth-order valence-corrected chi connectivity index (χ4v) is 3.67. The minimum atomic E-state index is -2.93. The van der Waals surface area contributed by atoms with Gasteiger partial charge in [0.25, 0.3) is 0 Å². The maximum atomic E-state index is 11.4. The van der Waals surface area contributed by atoms with Crippen molar-refractivity contribution < 1.29 is 8.42 Å². The molecular formula is C11H20N2O2S. The van der Waals surface area contributed by atoms with E-state index in [1.165, 1.54) is 5.41 Å². The molecular weight excluding hydrogens is 224 g/mol. The predicted molar refractivity (Wildman–Crippen MR) is 64.9 cm³/mol. The third kappa shape index (κ3) is 2.64. The second-order valence-electron chi connectivity index (χ2n) is 5.02. The number of nitrogens with zero attached hydrogens (tertiary/aromatic N) is 1. The maximum Gasteiger partial charge on any atom is 0.173 e. The largest absolute Gasteiger partial charge is 0.311 e. The lowest BCUT2D eigenvalue weighted by molar-refractivity contribution is 0.157. The van der Waals surface area contributed by atoms with Gasteiger partial charge in [-0.1, -0.05) is 19.9 Å². The maximum absolute atomic E-state index is 11.4. The molecule has 2 unspecified atom stereocenters. The second-order valence-corrected chi connectivity index (χ2v) is 6.96. The molecule has 1 fully saturated rings. The Morgan fingerprint density at radius 1 is 1.44 bits per heavy atom. The van der Waals surface area contributed by atoms with E-state index in [9.17, 15) is 8.42 Å². The molecule has 0 aromatic rings. The van der Waals surface area contributed by atoms with E-state index in [2.05, 4.69) is 24.1 Å². The SMILES string of the molecule is CC(C)C1CN(C2C=CS(=O)(=O)C2)CCN1. The minimum Gasteiger partial charge on any atom is -0.311 e. The molecule has 0 bridgehead atoms. The van der Waals surface area contributed by atoms with Gasteiger partial charge in [-0.25, -0.2) is 8.42 Å². The molecule has 0 aliphatic carbocycles. The summed E-state index contributed by atoms with van der Waals surface area (Å²) in [5, 5.41) is 4.84. The van der Waals surface area contributed by atoms with Gasteiger partial charge in [-0.3, -0.25) is 4.90 Å². The Balaban J connectivity index is 1.98. The molecule has 2 rings (SSSR count). The van der Waals surface area contributed by atoms with Crippen LogP contribution in [-0.4, -0.2) is 50.8 Å². The normalized spacial score (nSPS) is 34.7. The van der Waals surface area contributed by atoms with Crippen LogP contribution in [0.1, 0.15) is 13.8 Å². The van der Waals surface area contributed by atoms with E-state index in [-0.39, 0.29) is 11.8 Å². The van der Waals surface area contributed by atoms with Crippen molar-refractivity contribution in [1.82, 2.24) is 10.2 Å². The van der Waals surface area contributed by atoms with Gasteiger partial charge in [0.2, 0.25) is 0 Å². The molecule has 16 heavy (non-hydrogen) atoms. The summed E-state index contributed by atoms with van der Waals surface area (Å²) in [5.41, 5.74) is 0. The molecule has 2 aliphatic heterocycles. The fraction of sp³-hybridized carbons (Fsp3) is 0.818. The van der Waals surface area contributed by atoms with E-state index >= 15 is 0 Å². The molecule has 0 saturated carbocycles. The molecule has 5 heteroatoms. The summed E-state index contributed by atoms with van der Waals surface area (Å²) in [6.45, 7) is 7.23. The highest BCUT2D eigenvalue weighted by Gasteiger charge is 2.31. The summed E-state index contributed by atoms with van der Waals surface area (Å²) in [6.07, 6.45) is 1.83. The molecule has 1 N–H and O–H groups in total. The summed E-state index contributed by atoms with van der Waals surface area (Å²) < 4.78 is 22.7. The zero-order valence-electron chi connectivity index (χ0n) is 9.89. The van der Waals surface area contributed by atoms with Crippen LogP contribution in [0.4, 0.5) is 0 Å². The molecule has 0 radical (unpaired) electrons. The number of hydrogen-bond acceptors (Lipinski definition) is 4. The van der Waals surface area contributed by atoms with Gasteiger partial charge in [-0.15, -0.1) is 0 Å². The number of hydrogen-bond donors (Lipinski definition) is 1. The molecule has 2 heterocycles. The number of piperazine rings is 1. The molecule has 2 aliphatic rings. The van der Waals surface area contributed by atoms with E-state index in [1.807, 2.05) is 6.08 Å². The van der Waals surface area contributed by atoms with Crippen molar-refractivity contribution in [2.75, 3.05) is 25.4 Å². The van der Waals surface area contributed by atoms with Crippen molar-refractivity contribution in [3.63, 3.8) is 0 Å². The quantitative estimate of drug-likeness (QED) is 0.755. The van der Waals surface area contributed by atoms with Crippen molar-refractivity contribution >= 4 is 9.84 Å². The standard InChI is InChI=1S/C11H20N2O2S/c1-9(2)11-7-13(5-4-12-11)10-3-6-16(14,15)8-10/h3,6,9-12H,4-5,7-8H2,1-2H3. The van der Waals surface area contributed by atoms with Crippen LogP contribution < -0.4 is 5.32 Å². The molecule has 0 amide bonds. The Hall–Kier alpha value is -0.390. The Bertz CT molecular complexity index is 375. The lowest BCUT2D eigenvalue weighted by Gasteiger charge is -2.38. The van der Waals surface area contributed by atoms with E-state index in [4.69, 9.17) is 0 Å². The Kier molecular flexibility index (Phi) is 3.37. The second kappa shape index (κ2) is 4.47. The van der Waals surface area contributed by atoms with Gasteiger partial charge in [0.15, 0.2) is 9.84 Å². The minimum absolute atomic E-state index is 0.0911. The van der Waals surface area contributed by atoms with Crippen molar-refractivity contribution in [3.05, 3.63) is 11.5 Å². The molecule has 1 saturated heterocycles. The van der Waals surface area contributed by atoms with Crippen molar-refractivity contribution in [2.45, 2.75) is 25.9 Å². The highest BCUT2D eigenvalue weighted by atomic mass is 32.2. The fourth-order valence-electron chi connectivity index (χ4n) is 2.34. The van der Waals surface area contributed by atoms with Gasteiger partial charge in [0.1, 0.15) is 0 Å². The van der Waals surface area contributed by atoms with E-state index in [0.29, 0.717) is 12.0 Å². The third-order valence-corrected chi connectivity index (χ3v) is 4.80. The van der Waals surface area contributed by atoms with Gasteiger partial charge in [0, 0.05) is 37.1 Å². The van der Waals surface area contributed by atoms with E-state index in [1.54, 1.807) is 0 Å². The monoisotopic (exact) mass is 244 g/mol. The Labute approximate surface area is 97.6 Å². The predicted octanol–water partition coefficient (Wildman–Crippen LogP) is 0.227. The molecule has 92 valence electrons. The first-order valence-electron chi connectivity index (χ1n) is 5.86. The van der Waals surface area contributed by atoms with Gasteiger partial charge < -0.3 is 5.32 Å². The highest BCUT2D eigenvalue weighted by molar-refractivity contribution is 7.94. The number of nitrogens with one attached hydrogen (secondary N) is 1. The first kappa shape index (κ1) is 12.1. The molecule has 0 aromatic heterocycles. The highest BCUT2D eigenvalue weighted by Crippen LogP contribution is 2.18. The smallest absolute Gasteiger partial charge is 0.173 e. The number of sulfone groups is 1. The van der Waals surface area contributed by atoms with Gasteiger partial charge in [0.05, 0.1) is 5.75 Å². The van der Waals surface area contributed by atoms with Crippen molar-refractivity contribution in [2.24, 2.45) is 5.92 Å². The summed E-state index contributed by atoms with van der Waals surface area (Å²) >= 11 is 0. The van der Waals surface area contributed by atoms with Crippen LogP contribution >= 0.6 is 0 Å². The van der Waals surface area contributed by atoms with Crippen LogP contribution in [0.2, 0.25) is 0 Å². The van der Waals surface area contributed by atoms with E-state index in [0.717, 1.165) is 19.6 Å². The zero-order valence-corrected chi connectivity index (χ0v) is 10.7. The lowest BCUT2D eigenvalue weighted by Crippen LogP contribution is -2.55. The van der Waals surface area contributed by atoms with Crippen LogP contribution in [0.3, 0.4) is 0 Å². The zero-order chi connectivity index (χ0) is 11.8. The van der Waals surface area contributed by atoms with Crippen LogP contribution in [0.25, 0.3) is 0 Å². The molecule has 4 nitrogen and oxygen atoms in total. The summed E-state index contributed by atoms with van der Waals surface area (Å²) in [5.74, 6) is 0.849. The first-order valence-corrected chi connectivity index (χ1v) is 7.58. The van der Waals surface area contributed by atoms with Crippen LogP contribution in [-0.2, 0) is 9.84 Å². The average molecular weight is 244 g/mol. The van der Waals surface area contributed by atoms with Crippen molar-refractivity contribution in [3.8, 4) is 0 Å². The van der Waals surface area contributed by atoms with Crippen LogP contribution in [0, 0.1) is 5.92 Å². The third-order valence-electron chi connectivity index (χ3n) is 3.42. The van der Waals surface area contributed by atoms with Gasteiger partial charge in [-0.2, -0.15) is 0 Å². The lowest BCUT2D eigenvalue weighted by atomic mass is 10.0. The summed E-state index contributed by atoms with van der Waals surface area (Å²) in [4.78, 5) is 2.28. The average Bonchev–Trinajstić information content (AvgIpc) is 2.59. The topological polar surface area (TPSA) is 49.4 Å². The molecule has 2 atom stereocenters. The van der Waals surface area contributed by atoms with Gasteiger partial charge in [-0.05, 0) is 5.92 Å². The van der Waals surface area contributed by atoms with Crippen molar-refractivity contribution in [1.29, 1.82) is 0 Å². The molecule has 0 aromatic carbocycles. The molecule has 0 spiro atoms. The summed E-state index contributed by atoms with van der Waals surface area (Å²) in [7, 11) is -2.93. The first-order chi connectivity index (χ1) is 7.48. The Morgan fingerprint density at radius 2 is 2.19 bits per heavy atom. The number of rotatable bonds is 2.